The molecule has 0 spiro atoms. The molecule has 0 aliphatic carbocycles. The molecule has 6 aromatic rings. The van der Waals surface area contributed by atoms with E-state index in [-0.39, 0.29) is 88.0 Å². The van der Waals surface area contributed by atoms with Crippen molar-refractivity contribution in [2.45, 2.75) is 40.4 Å². The minimum absolute atomic E-state index is 0.0833. The predicted octanol–water partition coefficient (Wildman–Crippen LogP) is 5.59. The highest BCUT2D eigenvalue weighted by molar-refractivity contribution is 5.93. The summed E-state index contributed by atoms with van der Waals surface area (Å²) in [4.78, 5) is 91.4. The number of hydrogen-bond donors (Lipinski definition) is 6. The molecule has 0 radical (unpaired) electrons. The number of carbonyl (C=O) groups is 6. The van der Waals surface area contributed by atoms with Crippen LogP contribution < -0.4 is 0 Å². The number of nitrogens with zero attached hydrogens (tertiary/aromatic N) is 6. The number of carboxylic acid groups (broad SMARTS) is 6. The van der Waals surface area contributed by atoms with Gasteiger partial charge in [-0.1, -0.05) is 0 Å². The first-order valence-electron chi connectivity index (χ1n) is 20.2. The van der Waals surface area contributed by atoms with E-state index in [4.69, 9.17) is 13.3 Å². The molecule has 6 N–H and O–H groups in total. The summed E-state index contributed by atoms with van der Waals surface area (Å²) < 4.78 is 17.1. The lowest BCUT2D eigenvalue weighted by atomic mass is 10.1. The van der Waals surface area contributed by atoms with Gasteiger partial charge in [0.15, 0.2) is 0 Å². The summed E-state index contributed by atoms with van der Waals surface area (Å²) in [6.45, 7) is 7.02. The van der Waals surface area contributed by atoms with Gasteiger partial charge in [-0.25, -0.2) is 43.7 Å². The predicted molar refractivity (Wildman–Crippen MR) is 228 cm³/mol. The number of aromatic carboxylic acids is 6. The molecular weight excluding hydrogens is 865 g/mol. The van der Waals surface area contributed by atoms with Gasteiger partial charge in [-0.2, -0.15) is 0 Å². The summed E-state index contributed by atoms with van der Waals surface area (Å²) in [7, 11) is 0. The summed E-state index contributed by atoms with van der Waals surface area (Å²) in [5.41, 5.74) is 0.734. The van der Waals surface area contributed by atoms with Crippen LogP contribution in [0.1, 0.15) is 96.9 Å². The second-order valence-electron chi connectivity index (χ2n) is 15.6. The van der Waals surface area contributed by atoms with Gasteiger partial charge in [-0.15, -0.1) is 0 Å². The second-order valence-corrected chi connectivity index (χ2v) is 15.6. The van der Waals surface area contributed by atoms with E-state index in [0.717, 1.165) is 0 Å². The largest absolute Gasteiger partial charge is 0.478 e. The molecule has 0 aromatic carbocycles. The average molecular weight is 907 g/mol. The SMILES string of the molecule is Cc1oc(-c2cc(CN3CCN(Cc4cc(-c5cc(C(=O)O)c(C)o5)cc(C(=O)O)n4)CCN(Cc4cc(-c5cc(C(=O)O)c(C)o5)cc(C(=O)O)n4)CC3)nc(C(=O)O)c2)cc1C(=O)O. The number of carboxylic acids is 6. The van der Waals surface area contributed by atoms with Crippen molar-refractivity contribution >= 4 is 35.8 Å². The first-order chi connectivity index (χ1) is 31.3. The third-order valence-electron chi connectivity index (χ3n) is 10.9. The summed E-state index contributed by atoms with van der Waals surface area (Å²) in [5.74, 6) is -6.79. The highest BCUT2D eigenvalue weighted by Crippen LogP contribution is 2.30. The van der Waals surface area contributed by atoms with E-state index in [1.54, 1.807) is 18.2 Å². The Kier molecular flexibility index (Phi) is 13.2. The molecule has 7 rings (SSSR count). The van der Waals surface area contributed by atoms with Crippen molar-refractivity contribution in [2.75, 3.05) is 39.3 Å². The Morgan fingerprint density at radius 3 is 0.848 bits per heavy atom. The summed E-state index contributed by atoms with van der Waals surface area (Å²) >= 11 is 0. The van der Waals surface area contributed by atoms with Crippen molar-refractivity contribution in [3.63, 3.8) is 0 Å². The van der Waals surface area contributed by atoms with Crippen LogP contribution in [0.4, 0.5) is 0 Å². The zero-order valence-corrected chi connectivity index (χ0v) is 35.6. The van der Waals surface area contributed by atoms with Crippen LogP contribution in [0, 0.1) is 20.8 Å². The van der Waals surface area contributed by atoms with Crippen molar-refractivity contribution in [1.29, 1.82) is 0 Å². The third kappa shape index (κ3) is 10.5. The van der Waals surface area contributed by atoms with Gasteiger partial charge in [-0.3, -0.25) is 14.7 Å². The standard InChI is InChI=1S/C45H42N6O15/c1-22-31(40(52)53)16-37(64-22)25-10-28(46-34(13-25)43(58)59)19-49-4-6-50(20-29-11-26(14-35(47-29)44(60)61)38-17-32(41(54)55)23(2)65-38)8-9-51(7-5-49)21-30-12-27(15-36(48-30)45(62)63)39-18-33(42(56)57)24(3)66-39/h10-18H,4-9,19-21H2,1-3H3,(H,52,53)(H,54,55)(H,56,57)(H,58,59)(H,60,61)(H,62,63). The monoisotopic (exact) mass is 906 g/mol. The van der Waals surface area contributed by atoms with Crippen molar-refractivity contribution in [1.82, 2.24) is 29.7 Å². The van der Waals surface area contributed by atoms with Gasteiger partial charge in [0.2, 0.25) is 0 Å². The first kappa shape index (κ1) is 46.0. The quantitative estimate of drug-likeness (QED) is 0.0732. The smallest absolute Gasteiger partial charge is 0.354 e. The molecule has 21 heteroatoms. The Bertz CT molecular complexity index is 2590. The first-order valence-corrected chi connectivity index (χ1v) is 20.2. The second kappa shape index (κ2) is 19.0. The fourth-order valence-corrected chi connectivity index (χ4v) is 7.62. The van der Waals surface area contributed by atoms with Gasteiger partial charge in [0, 0.05) is 75.6 Å². The van der Waals surface area contributed by atoms with E-state index in [0.29, 0.717) is 73.0 Å². The Morgan fingerprint density at radius 1 is 0.409 bits per heavy atom. The molecular formula is C45H42N6O15. The van der Waals surface area contributed by atoms with Gasteiger partial charge in [-0.05, 0) is 75.4 Å². The lowest BCUT2D eigenvalue weighted by molar-refractivity contribution is 0.0679. The van der Waals surface area contributed by atoms with Crippen molar-refractivity contribution in [3.05, 3.63) is 123 Å². The van der Waals surface area contributed by atoms with E-state index in [2.05, 4.69) is 15.0 Å². The Hall–Kier alpha value is -8.01. The van der Waals surface area contributed by atoms with Crippen LogP contribution in [0.2, 0.25) is 0 Å². The molecule has 1 fully saturated rings. The number of hydrogen-bond acceptors (Lipinski definition) is 15. The number of rotatable bonds is 15. The molecule has 0 atom stereocenters. The molecule has 1 aliphatic rings. The van der Waals surface area contributed by atoms with Gasteiger partial charge in [0.1, 0.15) is 68.3 Å². The molecule has 6 aromatic heterocycles. The molecule has 7 heterocycles. The molecule has 1 aliphatic heterocycles. The highest BCUT2D eigenvalue weighted by Gasteiger charge is 2.25. The molecule has 21 nitrogen and oxygen atoms in total. The Labute approximate surface area is 373 Å². The number of aryl methyl sites for hydroxylation is 3. The number of furan rings is 3. The zero-order chi connectivity index (χ0) is 47.6. The Morgan fingerprint density at radius 2 is 0.652 bits per heavy atom. The fourth-order valence-electron chi connectivity index (χ4n) is 7.62. The minimum Gasteiger partial charge on any atom is -0.478 e. The van der Waals surface area contributed by atoms with Crippen molar-refractivity contribution in [3.8, 4) is 34.0 Å². The van der Waals surface area contributed by atoms with Gasteiger partial charge in [0.05, 0.1) is 17.1 Å². The maximum absolute atomic E-state index is 12.3. The van der Waals surface area contributed by atoms with E-state index in [9.17, 15) is 59.4 Å². The molecule has 1 saturated heterocycles. The number of aromatic nitrogens is 3. The van der Waals surface area contributed by atoms with E-state index >= 15 is 0 Å². The summed E-state index contributed by atoms with van der Waals surface area (Å²) in [5, 5.41) is 58.9. The van der Waals surface area contributed by atoms with E-state index in [1.165, 1.54) is 57.2 Å². The minimum atomic E-state index is -1.32. The van der Waals surface area contributed by atoms with Crippen LogP contribution in [-0.2, 0) is 19.6 Å². The lowest BCUT2D eigenvalue weighted by Gasteiger charge is -2.25. The average Bonchev–Trinajstić information content (AvgIpc) is 3.99. The number of pyridine rings is 3. The third-order valence-corrected chi connectivity index (χ3v) is 10.9. The highest BCUT2D eigenvalue weighted by atomic mass is 16.4. The van der Waals surface area contributed by atoms with Crippen LogP contribution in [0.15, 0.2) is 67.8 Å². The molecule has 0 amide bonds. The summed E-state index contributed by atoms with van der Waals surface area (Å²) in [6, 6.07) is 12.6. The van der Waals surface area contributed by atoms with Crippen LogP contribution in [0.5, 0.6) is 0 Å². The summed E-state index contributed by atoms with van der Waals surface area (Å²) in [6.07, 6.45) is 0. The van der Waals surface area contributed by atoms with Gasteiger partial charge >= 0.3 is 35.8 Å². The lowest BCUT2D eigenvalue weighted by Crippen LogP contribution is -2.36. The molecule has 0 unspecified atom stereocenters. The van der Waals surface area contributed by atoms with E-state index in [1.807, 2.05) is 14.7 Å². The van der Waals surface area contributed by atoms with Gasteiger partial charge in [0.25, 0.3) is 0 Å². The Balaban J connectivity index is 1.23. The maximum Gasteiger partial charge on any atom is 0.354 e. The zero-order valence-electron chi connectivity index (χ0n) is 35.6. The molecule has 0 bridgehead atoms. The van der Waals surface area contributed by atoms with Gasteiger partial charge < -0.3 is 43.9 Å². The van der Waals surface area contributed by atoms with Crippen molar-refractivity contribution < 1.29 is 72.7 Å². The maximum atomic E-state index is 12.3. The normalized spacial score (nSPS) is 14.0. The molecule has 0 saturated carbocycles. The van der Waals surface area contributed by atoms with E-state index < -0.39 is 35.8 Å². The van der Waals surface area contributed by atoms with Crippen LogP contribution in [-0.4, -0.2) is 135 Å². The molecule has 342 valence electrons. The van der Waals surface area contributed by atoms with Crippen LogP contribution in [0.3, 0.4) is 0 Å². The molecule has 66 heavy (non-hydrogen) atoms. The van der Waals surface area contributed by atoms with Crippen molar-refractivity contribution in [2.24, 2.45) is 0 Å². The fraction of sp³-hybridized carbons (Fsp3) is 0.267. The topological polar surface area (TPSA) is 312 Å². The van der Waals surface area contributed by atoms with Crippen LogP contribution in [0.25, 0.3) is 34.0 Å². The van der Waals surface area contributed by atoms with Crippen LogP contribution >= 0.6 is 0 Å².